The molecule has 2 aromatic rings. The lowest BCUT2D eigenvalue weighted by Gasteiger charge is -2.11. The molecule has 0 amide bonds. The Balaban J connectivity index is 1.84. The smallest absolute Gasteiger partial charge is 0.213 e. The number of pyridine rings is 1. The number of nitrogens with one attached hydrogen (secondary N) is 2. The van der Waals surface area contributed by atoms with Crippen LogP contribution in [0, 0.1) is 0 Å². The first-order valence-electron chi connectivity index (χ1n) is 6.28. The molecule has 20 heavy (non-hydrogen) atoms. The van der Waals surface area contributed by atoms with E-state index in [4.69, 9.17) is 4.74 Å². The molecule has 2 heterocycles. The van der Waals surface area contributed by atoms with E-state index in [0.717, 1.165) is 18.2 Å². The molecule has 0 aliphatic carbocycles. The van der Waals surface area contributed by atoms with Crippen molar-refractivity contribution in [2.45, 2.75) is 13.1 Å². The predicted molar refractivity (Wildman–Crippen MR) is 82.1 cm³/mol. The van der Waals surface area contributed by atoms with Gasteiger partial charge in [0.05, 0.1) is 25.9 Å². The van der Waals surface area contributed by atoms with Crippen molar-refractivity contribution in [3.8, 4) is 5.88 Å². The number of ether oxygens (including phenoxy) is 1. The minimum absolute atomic E-state index is 0.599. The van der Waals surface area contributed by atoms with Gasteiger partial charge in [-0.25, -0.2) is 4.98 Å². The Labute approximate surface area is 122 Å². The molecule has 0 spiro atoms. The highest BCUT2D eigenvalue weighted by atomic mass is 32.1. The van der Waals surface area contributed by atoms with E-state index < -0.39 is 0 Å². The van der Waals surface area contributed by atoms with Crippen molar-refractivity contribution in [1.29, 1.82) is 0 Å². The fraction of sp³-hybridized carbons (Fsp3) is 0.286. The molecule has 0 saturated carbocycles. The lowest BCUT2D eigenvalue weighted by molar-refractivity contribution is 0.396. The Morgan fingerprint density at radius 3 is 2.80 bits per heavy atom. The number of aliphatic imine (C=N–C) groups is 1. The Kier molecular flexibility index (Phi) is 5.37. The van der Waals surface area contributed by atoms with Crippen molar-refractivity contribution < 1.29 is 4.74 Å². The van der Waals surface area contributed by atoms with Crippen LogP contribution in [0.15, 0.2) is 40.7 Å². The monoisotopic (exact) mass is 290 g/mol. The number of nitrogens with zero attached hydrogens (tertiary/aromatic N) is 2. The van der Waals surface area contributed by atoms with E-state index in [1.807, 2.05) is 24.3 Å². The van der Waals surface area contributed by atoms with Crippen LogP contribution in [0.1, 0.15) is 10.6 Å². The maximum Gasteiger partial charge on any atom is 0.213 e. The summed E-state index contributed by atoms with van der Waals surface area (Å²) in [5.74, 6) is 1.37. The van der Waals surface area contributed by atoms with Gasteiger partial charge in [-0.05, 0) is 17.5 Å². The third-order valence-electron chi connectivity index (χ3n) is 2.66. The molecular formula is C14H18N4OS. The average molecular weight is 290 g/mol. The maximum atomic E-state index is 5.10. The second kappa shape index (κ2) is 7.49. The van der Waals surface area contributed by atoms with Gasteiger partial charge in [0.15, 0.2) is 5.96 Å². The van der Waals surface area contributed by atoms with Crippen molar-refractivity contribution in [3.05, 3.63) is 46.3 Å². The van der Waals surface area contributed by atoms with E-state index >= 15 is 0 Å². The molecule has 0 atom stereocenters. The van der Waals surface area contributed by atoms with Crippen LogP contribution in [0.2, 0.25) is 0 Å². The molecule has 0 unspecified atom stereocenters. The van der Waals surface area contributed by atoms with E-state index in [-0.39, 0.29) is 0 Å². The van der Waals surface area contributed by atoms with Gasteiger partial charge in [0.25, 0.3) is 0 Å². The third kappa shape index (κ3) is 4.24. The summed E-state index contributed by atoms with van der Waals surface area (Å²) in [7, 11) is 3.36. The summed E-state index contributed by atoms with van der Waals surface area (Å²) in [6, 6.07) is 9.83. The van der Waals surface area contributed by atoms with Gasteiger partial charge in [-0.15, -0.1) is 11.3 Å². The van der Waals surface area contributed by atoms with Crippen molar-refractivity contribution in [2.75, 3.05) is 14.2 Å². The van der Waals surface area contributed by atoms with E-state index in [1.54, 1.807) is 25.5 Å². The highest BCUT2D eigenvalue weighted by molar-refractivity contribution is 7.09. The first-order chi connectivity index (χ1) is 9.81. The maximum absolute atomic E-state index is 5.10. The van der Waals surface area contributed by atoms with Crippen LogP contribution in [-0.4, -0.2) is 25.1 Å². The summed E-state index contributed by atoms with van der Waals surface area (Å²) in [6.07, 6.45) is 0. The molecule has 106 valence electrons. The highest BCUT2D eigenvalue weighted by Crippen LogP contribution is 2.07. The first-order valence-corrected chi connectivity index (χ1v) is 7.16. The molecule has 0 fully saturated rings. The van der Waals surface area contributed by atoms with Crippen molar-refractivity contribution in [1.82, 2.24) is 15.6 Å². The Bertz CT molecular complexity index is 554. The second-order valence-corrected chi connectivity index (χ2v) is 5.06. The molecule has 2 N–H and O–H groups in total. The zero-order chi connectivity index (χ0) is 14.2. The molecule has 0 aliphatic rings. The number of aromatic nitrogens is 1. The zero-order valence-electron chi connectivity index (χ0n) is 11.6. The molecule has 0 saturated heterocycles. The van der Waals surface area contributed by atoms with Gasteiger partial charge in [0.2, 0.25) is 5.88 Å². The molecule has 2 aromatic heterocycles. The quantitative estimate of drug-likeness (QED) is 0.653. The summed E-state index contributed by atoms with van der Waals surface area (Å²) in [6.45, 7) is 1.37. The van der Waals surface area contributed by atoms with Gasteiger partial charge in [-0.1, -0.05) is 12.1 Å². The summed E-state index contributed by atoms with van der Waals surface area (Å²) >= 11 is 1.72. The third-order valence-corrected chi connectivity index (χ3v) is 3.54. The Morgan fingerprint density at radius 1 is 1.25 bits per heavy atom. The minimum atomic E-state index is 0.599. The molecular weight excluding hydrogens is 272 g/mol. The van der Waals surface area contributed by atoms with Gasteiger partial charge in [-0.3, -0.25) is 4.99 Å². The van der Waals surface area contributed by atoms with Crippen molar-refractivity contribution in [2.24, 2.45) is 4.99 Å². The lowest BCUT2D eigenvalue weighted by atomic mass is 10.3. The van der Waals surface area contributed by atoms with Crippen LogP contribution in [0.5, 0.6) is 5.88 Å². The Morgan fingerprint density at radius 2 is 2.10 bits per heavy atom. The first kappa shape index (κ1) is 14.3. The van der Waals surface area contributed by atoms with Crippen molar-refractivity contribution in [3.63, 3.8) is 0 Å². The van der Waals surface area contributed by atoms with Crippen LogP contribution in [0.4, 0.5) is 0 Å². The molecule has 0 aliphatic heterocycles. The number of hydrogen-bond donors (Lipinski definition) is 2. The molecule has 0 radical (unpaired) electrons. The van der Waals surface area contributed by atoms with Gasteiger partial charge in [0.1, 0.15) is 0 Å². The van der Waals surface area contributed by atoms with Gasteiger partial charge in [0, 0.05) is 18.0 Å². The highest BCUT2D eigenvalue weighted by Gasteiger charge is 2.01. The molecule has 5 nitrogen and oxygen atoms in total. The lowest BCUT2D eigenvalue weighted by Crippen LogP contribution is -2.36. The summed E-state index contributed by atoms with van der Waals surface area (Å²) in [4.78, 5) is 9.80. The second-order valence-electron chi connectivity index (χ2n) is 4.03. The molecule has 0 bridgehead atoms. The van der Waals surface area contributed by atoms with Gasteiger partial charge in [-0.2, -0.15) is 0 Å². The molecule has 2 rings (SSSR count). The largest absolute Gasteiger partial charge is 0.481 e. The van der Waals surface area contributed by atoms with E-state index in [1.165, 1.54) is 4.88 Å². The minimum Gasteiger partial charge on any atom is -0.481 e. The van der Waals surface area contributed by atoms with E-state index in [2.05, 4.69) is 32.1 Å². The average Bonchev–Trinajstić information content (AvgIpc) is 3.01. The summed E-state index contributed by atoms with van der Waals surface area (Å²) in [5.41, 5.74) is 0.906. The van der Waals surface area contributed by atoms with Crippen LogP contribution in [0.25, 0.3) is 0 Å². The van der Waals surface area contributed by atoms with E-state index in [0.29, 0.717) is 12.4 Å². The number of rotatable bonds is 5. The van der Waals surface area contributed by atoms with Crippen LogP contribution in [-0.2, 0) is 13.1 Å². The normalized spacial score (nSPS) is 11.2. The van der Waals surface area contributed by atoms with Crippen LogP contribution in [0.3, 0.4) is 0 Å². The standard InChI is InChI=1S/C14H18N4OS/c1-15-14(17-10-12-6-4-8-20-12)16-9-11-5-3-7-13(18-11)19-2/h3-8H,9-10H2,1-2H3,(H2,15,16,17). The number of methoxy groups -OCH3 is 1. The van der Waals surface area contributed by atoms with Gasteiger partial charge >= 0.3 is 0 Å². The van der Waals surface area contributed by atoms with E-state index in [9.17, 15) is 0 Å². The SMILES string of the molecule is CN=C(NCc1cccc(OC)n1)NCc1cccs1. The summed E-state index contributed by atoms with van der Waals surface area (Å²) in [5, 5.41) is 8.55. The molecule has 6 heteroatoms. The number of thiophene rings is 1. The molecule has 0 aromatic carbocycles. The zero-order valence-corrected chi connectivity index (χ0v) is 12.4. The number of hydrogen-bond acceptors (Lipinski definition) is 4. The van der Waals surface area contributed by atoms with Gasteiger partial charge < -0.3 is 15.4 Å². The number of guanidine groups is 1. The fourth-order valence-corrected chi connectivity index (χ4v) is 2.29. The fourth-order valence-electron chi connectivity index (χ4n) is 1.65. The van der Waals surface area contributed by atoms with Crippen LogP contribution >= 0.6 is 11.3 Å². The Hall–Kier alpha value is -2.08. The summed E-state index contributed by atoms with van der Waals surface area (Å²) < 4.78 is 5.10. The topological polar surface area (TPSA) is 58.5 Å². The van der Waals surface area contributed by atoms with Crippen molar-refractivity contribution >= 4 is 17.3 Å². The van der Waals surface area contributed by atoms with Crippen LogP contribution < -0.4 is 15.4 Å². The predicted octanol–water partition coefficient (Wildman–Crippen LogP) is 2.02.